The van der Waals surface area contributed by atoms with E-state index in [1.54, 1.807) is 54.6 Å². The number of nitrogens with zero attached hydrogens (tertiary/aromatic N) is 3. The summed E-state index contributed by atoms with van der Waals surface area (Å²) in [5.41, 5.74) is 0.800. The lowest BCUT2D eigenvalue weighted by atomic mass is 10.2. The number of halogens is 2. The molecule has 2 aromatic heterocycles. The van der Waals surface area contributed by atoms with Crippen LogP contribution in [-0.2, 0) is 4.79 Å². The van der Waals surface area contributed by atoms with Crippen LogP contribution < -0.4 is 10.9 Å². The first-order valence-electron chi connectivity index (χ1n) is 8.84. The van der Waals surface area contributed by atoms with E-state index in [9.17, 15) is 9.59 Å². The minimum Gasteiger partial charge on any atom is -0.310 e. The number of pyridine rings is 1. The molecule has 4 rings (SSSR count). The van der Waals surface area contributed by atoms with Gasteiger partial charge in [0.25, 0.3) is 5.56 Å². The van der Waals surface area contributed by atoms with Crippen molar-refractivity contribution in [1.82, 2.24) is 14.5 Å². The number of benzene rings is 2. The number of hydrogen-bond acceptors (Lipinski definition) is 5. The lowest BCUT2D eigenvalue weighted by Crippen LogP contribution is -2.23. The Kier molecular flexibility index (Phi) is 6.03. The van der Waals surface area contributed by atoms with E-state index < -0.39 is 0 Å². The zero-order valence-electron chi connectivity index (χ0n) is 15.4. The minimum atomic E-state index is -0.289. The normalized spacial score (nSPS) is 10.9. The molecular formula is C21H14Cl2N4O2S. The summed E-state index contributed by atoms with van der Waals surface area (Å²) in [7, 11) is 0. The highest BCUT2D eigenvalue weighted by molar-refractivity contribution is 7.99. The molecule has 0 saturated carbocycles. The lowest BCUT2D eigenvalue weighted by Gasteiger charge is -2.14. The van der Waals surface area contributed by atoms with Crippen LogP contribution in [0.4, 0.5) is 5.82 Å². The van der Waals surface area contributed by atoms with Gasteiger partial charge in [-0.25, -0.2) is 9.97 Å². The number of nitrogens with one attached hydrogen (secondary N) is 1. The molecule has 2 heterocycles. The van der Waals surface area contributed by atoms with E-state index in [-0.39, 0.29) is 17.2 Å². The number of carbonyl (C=O) groups is 1. The Morgan fingerprint density at radius 2 is 1.80 bits per heavy atom. The van der Waals surface area contributed by atoms with E-state index >= 15 is 0 Å². The van der Waals surface area contributed by atoms with Gasteiger partial charge in [-0.05, 0) is 36.4 Å². The largest absolute Gasteiger partial charge is 0.310 e. The topological polar surface area (TPSA) is 76.9 Å². The van der Waals surface area contributed by atoms with Crippen molar-refractivity contribution in [3.05, 3.63) is 87.3 Å². The molecule has 1 amide bonds. The molecule has 0 radical (unpaired) electrons. The molecule has 0 saturated heterocycles. The summed E-state index contributed by atoms with van der Waals surface area (Å²) in [6.07, 6.45) is 1.45. The van der Waals surface area contributed by atoms with Gasteiger partial charge in [-0.15, -0.1) is 0 Å². The summed E-state index contributed by atoms with van der Waals surface area (Å²) in [5.74, 6) is 0.127. The fourth-order valence-corrected chi connectivity index (χ4v) is 3.95. The van der Waals surface area contributed by atoms with E-state index in [1.165, 1.54) is 10.8 Å². The zero-order chi connectivity index (χ0) is 21.1. The number of rotatable bonds is 5. The maximum Gasteiger partial charge on any atom is 0.266 e. The van der Waals surface area contributed by atoms with Crippen LogP contribution in [0.2, 0.25) is 10.0 Å². The summed E-state index contributed by atoms with van der Waals surface area (Å²) in [4.78, 5) is 34.2. The SMILES string of the molecule is O=C(CSc1nc2ccccc2c(=O)n1-c1ccccc1Cl)Nc1ccc(Cl)cn1. The zero-order valence-corrected chi connectivity index (χ0v) is 17.7. The fraction of sp³-hybridized carbons (Fsp3) is 0.0476. The van der Waals surface area contributed by atoms with Gasteiger partial charge in [0.05, 0.1) is 32.4 Å². The highest BCUT2D eigenvalue weighted by Crippen LogP contribution is 2.25. The van der Waals surface area contributed by atoms with Gasteiger partial charge in [-0.2, -0.15) is 0 Å². The molecule has 1 N–H and O–H groups in total. The highest BCUT2D eigenvalue weighted by Gasteiger charge is 2.16. The van der Waals surface area contributed by atoms with E-state index in [0.29, 0.717) is 37.6 Å². The molecule has 0 spiro atoms. The third kappa shape index (κ3) is 4.33. The quantitative estimate of drug-likeness (QED) is 0.344. The second-order valence-electron chi connectivity index (χ2n) is 6.20. The molecule has 4 aromatic rings. The van der Waals surface area contributed by atoms with E-state index in [2.05, 4.69) is 15.3 Å². The van der Waals surface area contributed by atoms with Gasteiger partial charge in [0, 0.05) is 6.20 Å². The monoisotopic (exact) mass is 456 g/mol. The van der Waals surface area contributed by atoms with Crippen molar-refractivity contribution >= 4 is 57.6 Å². The molecule has 0 unspecified atom stereocenters. The molecule has 6 nitrogen and oxygen atoms in total. The first-order valence-corrected chi connectivity index (χ1v) is 10.6. The average Bonchev–Trinajstić information content (AvgIpc) is 2.75. The van der Waals surface area contributed by atoms with Crippen molar-refractivity contribution in [2.75, 3.05) is 11.1 Å². The number of fused-ring (bicyclic) bond motifs is 1. The van der Waals surface area contributed by atoms with E-state index in [1.807, 2.05) is 6.07 Å². The smallest absolute Gasteiger partial charge is 0.266 e. The Morgan fingerprint density at radius 3 is 2.57 bits per heavy atom. The molecule has 150 valence electrons. The number of thioether (sulfide) groups is 1. The van der Waals surface area contributed by atoms with Crippen LogP contribution in [0, 0.1) is 0 Å². The standard InChI is InChI=1S/C21H14Cl2N4O2S/c22-13-9-10-18(24-11-13)26-19(28)12-30-21-25-16-7-3-1-5-14(16)20(29)27(21)17-8-4-2-6-15(17)23/h1-11H,12H2,(H,24,26,28). The van der Waals surface area contributed by atoms with Crippen molar-refractivity contribution in [3.8, 4) is 5.69 Å². The first kappa shape index (κ1) is 20.4. The number of amides is 1. The fourth-order valence-electron chi connectivity index (χ4n) is 2.81. The van der Waals surface area contributed by atoms with E-state index in [4.69, 9.17) is 23.2 Å². The van der Waals surface area contributed by atoms with Crippen LogP contribution in [0.3, 0.4) is 0 Å². The molecule has 30 heavy (non-hydrogen) atoms. The van der Waals surface area contributed by atoms with Crippen molar-refractivity contribution in [2.24, 2.45) is 0 Å². The Hall–Kier alpha value is -2.87. The van der Waals surface area contributed by atoms with Gasteiger partial charge in [0.1, 0.15) is 5.82 Å². The molecule has 0 aliphatic carbocycles. The molecule has 0 fully saturated rings. The van der Waals surface area contributed by atoms with Crippen LogP contribution in [-0.4, -0.2) is 26.2 Å². The lowest BCUT2D eigenvalue weighted by molar-refractivity contribution is -0.113. The van der Waals surface area contributed by atoms with Gasteiger partial charge < -0.3 is 5.32 Å². The van der Waals surface area contributed by atoms with E-state index in [0.717, 1.165) is 11.8 Å². The number of anilines is 1. The van der Waals surface area contributed by atoms with Crippen molar-refractivity contribution in [1.29, 1.82) is 0 Å². The van der Waals surface area contributed by atoms with Gasteiger partial charge in [-0.3, -0.25) is 14.2 Å². The van der Waals surface area contributed by atoms with Crippen LogP contribution in [0.1, 0.15) is 0 Å². The summed E-state index contributed by atoms with van der Waals surface area (Å²) >= 11 is 13.3. The Bertz CT molecular complexity index is 1290. The Balaban J connectivity index is 1.68. The molecular weight excluding hydrogens is 443 g/mol. The summed E-state index contributed by atoms with van der Waals surface area (Å²) in [6, 6.07) is 17.3. The predicted molar refractivity (Wildman–Crippen MR) is 121 cm³/mol. The maximum atomic E-state index is 13.2. The van der Waals surface area contributed by atoms with Crippen LogP contribution in [0.25, 0.3) is 16.6 Å². The highest BCUT2D eigenvalue weighted by atomic mass is 35.5. The predicted octanol–water partition coefficient (Wildman–Crippen LogP) is 4.82. The molecule has 2 aromatic carbocycles. The van der Waals surface area contributed by atoms with Gasteiger partial charge in [-0.1, -0.05) is 59.2 Å². The summed E-state index contributed by atoms with van der Waals surface area (Å²) < 4.78 is 1.43. The average molecular weight is 457 g/mol. The van der Waals surface area contributed by atoms with Gasteiger partial charge in [0.15, 0.2) is 5.16 Å². The molecule has 9 heteroatoms. The molecule has 0 atom stereocenters. The second kappa shape index (κ2) is 8.87. The van der Waals surface area contributed by atoms with Gasteiger partial charge >= 0.3 is 0 Å². The Morgan fingerprint density at radius 1 is 1.03 bits per heavy atom. The minimum absolute atomic E-state index is 0.0273. The Labute approximate surface area is 185 Å². The van der Waals surface area contributed by atoms with Crippen LogP contribution >= 0.6 is 35.0 Å². The number of hydrogen-bond donors (Lipinski definition) is 1. The summed E-state index contributed by atoms with van der Waals surface area (Å²) in [5, 5.41) is 4.42. The number of aromatic nitrogens is 3. The second-order valence-corrected chi connectivity index (χ2v) is 7.99. The van der Waals surface area contributed by atoms with Crippen molar-refractivity contribution < 1.29 is 4.79 Å². The van der Waals surface area contributed by atoms with Crippen molar-refractivity contribution in [3.63, 3.8) is 0 Å². The maximum absolute atomic E-state index is 13.2. The van der Waals surface area contributed by atoms with Crippen LogP contribution in [0.5, 0.6) is 0 Å². The van der Waals surface area contributed by atoms with Crippen molar-refractivity contribution in [2.45, 2.75) is 5.16 Å². The summed E-state index contributed by atoms with van der Waals surface area (Å²) in [6.45, 7) is 0. The van der Waals surface area contributed by atoms with Gasteiger partial charge in [0.2, 0.25) is 5.91 Å². The third-order valence-electron chi connectivity index (χ3n) is 4.17. The van der Waals surface area contributed by atoms with Crippen LogP contribution in [0.15, 0.2) is 76.8 Å². The number of carbonyl (C=O) groups excluding carboxylic acids is 1. The molecule has 0 aliphatic heterocycles. The third-order valence-corrected chi connectivity index (χ3v) is 5.65. The first-order chi connectivity index (χ1) is 14.5. The number of para-hydroxylation sites is 2. The molecule has 0 aliphatic rings. The molecule has 0 bridgehead atoms.